The fourth-order valence-electron chi connectivity index (χ4n) is 1.68. The van der Waals surface area contributed by atoms with Gasteiger partial charge >= 0.3 is 11.8 Å². The number of likely N-dealkylation sites (N-methyl/N-ethyl adjacent to an activating group) is 1. The Morgan fingerprint density at radius 1 is 1.28 bits per heavy atom. The molecule has 7 heteroatoms. The van der Waals surface area contributed by atoms with Crippen LogP contribution in [0.1, 0.15) is 5.56 Å². The lowest BCUT2D eigenvalue weighted by molar-refractivity contribution is -0.155. The molecule has 0 unspecified atom stereocenters. The monoisotopic (exact) mass is 287 g/mol. The Balaban J connectivity index is 2.14. The molecule has 0 aliphatic carbocycles. The highest BCUT2D eigenvalue weighted by molar-refractivity contribution is 6.35. The highest BCUT2D eigenvalue weighted by Crippen LogP contribution is 2.20. The number of carbonyl (C=O) groups excluding carboxylic acids is 2. The summed E-state index contributed by atoms with van der Waals surface area (Å²) in [6, 6.07) is 1.51. The summed E-state index contributed by atoms with van der Waals surface area (Å²) in [6.45, 7) is 1.27. The normalized spacial score (nSPS) is 16.4. The van der Waals surface area contributed by atoms with Crippen LogP contribution in [0.3, 0.4) is 0 Å². The molecule has 0 spiro atoms. The van der Waals surface area contributed by atoms with Crippen molar-refractivity contribution in [3.05, 3.63) is 28.0 Å². The second-order valence-corrected chi connectivity index (χ2v) is 4.85. The van der Waals surface area contributed by atoms with E-state index in [2.05, 4.69) is 4.98 Å². The van der Waals surface area contributed by atoms with Crippen LogP contribution >= 0.6 is 23.2 Å². The highest BCUT2D eigenvalue weighted by Gasteiger charge is 2.30. The molecule has 0 saturated carbocycles. The molecule has 0 radical (unpaired) electrons. The van der Waals surface area contributed by atoms with Crippen LogP contribution in [-0.4, -0.2) is 46.7 Å². The van der Waals surface area contributed by atoms with Crippen LogP contribution in [0.25, 0.3) is 0 Å². The summed E-state index contributed by atoms with van der Waals surface area (Å²) in [6.07, 6.45) is 1.51. The molecule has 2 amide bonds. The van der Waals surface area contributed by atoms with E-state index in [-0.39, 0.29) is 6.54 Å². The number of hydrogen-bond acceptors (Lipinski definition) is 3. The van der Waals surface area contributed by atoms with Gasteiger partial charge in [0.2, 0.25) is 0 Å². The predicted molar refractivity (Wildman–Crippen MR) is 67.3 cm³/mol. The minimum atomic E-state index is -0.519. The van der Waals surface area contributed by atoms with Gasteiger partial charge in [-0.1, -0.05) is 23.2 Å². The molecular formula is C11H11Cl2N3O2. The van der Waals surface area contributed by atoms with Gasteiger partial charge in [-0.25, -0.2) is 4.98 Å². The third kappa shape index (κ3) is 2.57. The van der Waals surface area contributed by atoms with E-state index in [1.807, 2.05) is 0 Å². The van der Waals surface area contributed by atoms with E-state index in [9.17, 15) is 9.59 Å². The summed E-state index contributed by atoms with van der Waals surface area (Å²) < 4.78 is 0. The van der Waals surface area contributed by atoms with Gasteiger partial charge in [0, 0.05) is 38.4 Å². The Bertz CT molecular complexity index is 507. The average molecular weight is 288 g/mol. The molecular weight excluding hydrogens is 277 g/mol. The molecule has 0 bridgehead atoms. The minimum absolute atomic E-state index is 0.265. The Hall–Kier alpha value is -1.33. The Morgan fingerprint density at radius 3 is 2.67 bits per heavy atom. The van der Waals surface area contributed by atoms with E-state index in [0.717, 1.165) is 0 Å². The molecule has 5 nitrogen and oxygen atoms in total. The maximum absolute atomic E-state index is 11.8. The number of hydrogen-bond donors (Lipinski definition) is 0. The van der Waals surface area contributed by atoms with E-state index in [0.29, 0.717) is 28.8 Å². The number of rotatable bonds is 2. The molecule has 96 valence electrons. The molecule has 0 aromatic carbocycles. The van der Waals surface area contributed by atoms with Gasteiger partial charge in [0.15, 0.2) is 0 Å². The number of nitrogens with zero attached hydrogens (tertiary/aromatic N) is 3. The van der Waals surface area contributed by atoms with Crippen molar-refractivity contribution in [1.82, 2.24) is 14.8 Å². The third-order valence-corrected chi connectivity index (χ3v) is 3.34. The minimum Gasteiger partial charge on any atom is -0.336 e. The highest BCUT2D eigenvalue weighted by atomic mass is 35.5. The van der Waals surface area contributed by atoms with Crippen LogP contribution in [0.4, 0.5) is 0 Å². The molecule has 1 saturated heterocycles. The molecule has 0 atom stereocenters. The largest absolute Gasteiger partial charge is 0.336 e. The molecule has 1 aromatic rings. The summed E-state index contributed by atoms with van der Waals surface area (Å²) in [7, 11) is 1.61. The quantitative estimate of drug-likeness (QED) is 0.607. The van der Waals surface area contributed by atoms with E-state index in [1.165, 1.54) is 22.1 Å². The van der Waals surface area contributed by atoms with Gasteiger partial charge in [-0.05, 0) is 6.07 Å². The lowest BCUT2D eigenvalue weighted by Gasteiger charge is -2.31. The number of pyridine rings is 1. The summed E-state index contributed by atoms with van der Waals surface area (Å²) in [5, 5.41) is 0.735. The van der Waals surface area contributed by atoms with E-state index < -0.39 is 11.8 Å². The molecule has 1 aliphatic rings. The van der Waals surface area contributed by atoms with Crippen LogP contribution in [-0.2, 0) is 16.1 Å². The van der Waals surface area contributed by atoms with Crippen molar-refractivity contribution >= 4 is 35.0 Å². The van der Waals surface area contributed by atoms with Crippen molar-refractivity contribution in [1.29, 1.82) is 0 Å². The molecule has 18 heavy (non-hydrogen) atoms. The van der Waals surface area contributed by atoms with Crippen LogP contribution in [0.2, 0.25) is 10.2 Å². The SMILES string of the molecule is CN1CCN(Cc2cnc(Cl)cc2Cl)C(=O)C1=O. The molecule has 1 aliphatic heterocycles. The Kier molecular flexibility index (Phi) is 3.73. The van der Waals surface area contributed by atoms with Crippen molar-refractivity contribution < 1.29 is 9.59 Å². The van der Waals surface area contributed by atoms with Gasteiger partial charge in [-0.2, -0.15) is 0 Å². The summed E-state index contributed by atoms with van der Waals surface area (Å²) in [5.74, 6) is -1.02. The van der Waals surface area contributed by atoms with Crippen molar-refractivity contribution in [2.75, 3.05) is 20.1 Å². The smallest absolute Gasteiger partial charge is 0.312 e. The third-order valence-electron chi connectivity index (χ3n) is 2.78. The fraction of sp³-hybridized carbons (Fsp3) is 0.364. The van der Waals surface area contributed by atoms with E-state index in [1.54, 1.807) is 7.05 Å². The van der Waals surface area contributed by atoms with Crippen molar-refractivity contribution in [2.24, 2.45) is 0 Å². The molecule has 1 aromatic heterocycles. The topological polar surface area (TPSA) is 53.5 Å². The van der Waals surface area contributed by atoms with Gasteiger partial charge in [0.05, 0.1) is 5.02 Å². The van der Waals surface area contributed by atoms with Gasteiger partial charge in [0.1, 0.15) is 5.15 Å². The fourth-order valence-corrected chi connectivity index (χ4v) is 2.11. The van der Waals surface area contributed by atoms with Crippen molar-refractivity contribution in [3.8, 4) is 0 Å². The number of carbonyl (C=O) groups is 2. The van der Waals surface area contributed by atoms with Crippen LogP contribution in [0, 0.1) is 0 Å². The zero-order valence-electron chi connectivity index (χ0n) is 9.69. The Morgan fingerprint density at radius 2 is 2.00 bits per heavy atom. The van der Waals surface area contributed by atoms with Crippen molar-refractivity contribution in [2.45, 2.75) is 6.54 Å². The summed E-state index contributed by atoms with van der Waals surface area (Å²) in [4.78, 5) is 30.1. The van der Waals surface area contributed by atoms with E-state index in [4.69, 9.17) is 23.2 Å². The van der Waals surface area contributed by atoms with Crippen LogP contribution in [0.5, 0.6) is 0 Å². The maximum atomic E-state index is 11.8. The second kappa shape index (κ2) is 5.12. The van der Waals surface area contributed by atoms with Gasteiger partial charge < -0.3 is 9.80 Å². The summed E-state index contributed by atoms with van der Waals surface area (Å²) in [5.41, 5.74) is 0.673. The first-order valence-electron chi connectivity index (χ1n) is 5.33. The van der Waals surface area contributed by atoms with Crippen molar-refractivity contribution in [3.63, 3.8) is 0 Å². The first-order chi connectivity index (χ1) is 8.49. The molecule has 2 heterocycles. The number of amides is 2. The predicted octanol–water partition coefficient (Wildman–Crippen LogP) is 1.19. The molecule has 0 N–H and O–H groups in total. The number of halogens is 2. The maximum Gasteiger partial charge on any atom is 0.312 e. The van der Waals surface area contributed by atoms with Gasteiger partial charge in [0.25, 0.3) is 0 Å². The first-order valence-corrected chi connectivity index (χ1v) is 6.09. The zero-order chi connectivity index (χ0) is 13.3. The molecule has 2 rings (SSSR count). The summed E-state index contributed by atoms with van der Waals surface area (Å²) >= 11 is 11.7. The second-order valence-electron chi connectivity index (χ2n) is 4.05. The first kappa shape index (κ1) is 13.1. The lowest BCUT2D eigenvalue weighted by atomic mass is 10.2. The van der Waals surface area contributed by atoms with E-state index >= 15 is 0 Å². The Labute approximate surface area is 114 Å². The van der Waals surface area contributed by atoms with Crippen LogP contribution in [0.15, 0.2) is 12.3 Å². The number of aromatic nitrogens is 1. The molecule has 1 fully saturated rings. The number of piperazine rings is 1. The average Bonchev–Trinajstić information content (AvgIpc) is 2.33. The lowest BCUT2D eigenvalue weighted by Crippen LogP contribution is -2.52. The van der Waals surface area contributed by atoms with Gasteiger partial charge in [-0.15, -0.1) is 0 Å². The standard InChI is InChI=1S/C11H11Cl2N3O2/c1-15-2-3-16(11(18)10(15)17)6-7-5-14-9(13)4-8(7)12/h4-5H,2-3,6H2,1H3. The van der Waals surface area contributed by atoms with Crippen LogP contribution < -0.4 is 0 Å². The van der Waals surface area contributed by atoms with Gasteiger partial charge in [-0.3, -0.25) is 9.59 Å². The zero-order valence-corrected chi connectivity index (χ0v) is 11.2.